The predicted octanol–water partition coefficient (Wildman–Crippen LogP) is 2.20. The minimum Gasteiger partial charge on any atom is -0.0624 e. The summed E-state index contributed by atoms with van der Waals surface area (Å²) in [7, 11) is -2.95. The summed E-state index contributed by atoms with van der Waals surface area (Å²) in [5.41, 5.74) is 0. The summed E-state index contributed by atoms with van der Waals surface area (Å²) in [6, 6.07) is -2.23. The van der Waals surface area contributed by atoms with Crippen LogP contribution in [-0.4, -0.2) is 8.80 Å². The van der Waals surface area contributed by atoms with Crippen molar-refractivity contribution < 1.29 is 16.4 Å². The van der Waals surface area contributed by atoms with E-state index in [0.717, 1.165) is 18.2 Å². The van der Waals surface area contributed by atoms with E-state index in [4.69, 9.17) is 16.4 Å². The lowest BCUT2D eigenvalue weighted by Crippen LogP contribution is -2.51. The first-order valence-electron chi connectivity index (χ1n) is 11.5. The number of hydrogen-bond donors (Lipinski definition) is 0. The molecule has 0 bridgehead atoms. The Balaban J connectivity index is 2.58. The van der Waals surface area contributed by atoms with Crippen LogP contribution in [0.3, 0.4) is 0 Å². The zero-order valence-corrected chi connectivity index (χ0v) is 10.7. The maximum Gasteiger partial charge on any atom is 0.154 e. The van der Waals surface area contributed by atoms with Gasteiger partial charge in [-0.2, -0.15) is 0 Å². The molecule has 0 heterocycles. The van der Waals surface area contributed by atoms with E-state index in [9.17, 15) is 0 Å². The van der Waals surface area contributed by atoms with Crippen LogP contribution >= 0.6 is 0 Å². The Kier molecular flexibility index (Phi) is 1.33. The van der Waals surface area contributed by atoms with Crippen molar-refractivity contribution >= 4 is 24.4 Å². The molecule has 0 aliphatic heterocycles. The Morgan fingerprint density at radius 1 is 0.526 bits per heavy atom. The molecule has 19 heavy (non-hydrogen) atoms. The van der Waals surface area contributed by atoms with E-state index in [0.29, 0.717) is 0 Å². The van der Waals surface area contributed by atoms with Gasteiger partial charge < -0.3 is 0 Å². The summed E-state index contributed by atoms with van der Waals surface area (Å²) in [4.78, 5) is 0. The molecule has 0 saturated heterocycles. The molecule has 0 spiro atoms. The summed E-state index contributed by atoms with van der Waals surface area (Å²) < 4.78 is 97.7. The van der Waals surface area contributed by atoms with Crippen molar-refractivity contribution in [2.75, 3.05) is 0 Å². The fourth-order valence-electron chi connectivity index (χ4n) is 1.61. The van der Waals surface area contributed by atoms with E-state index >= 15 is 0 Å². The Morgan fingerprint density at radius 2 is 1.00 bits per heavy atom. The second kappa shape index (κ2) is 5.68. The molecule has 0 unspecified atom stereocenters. The molecule has 0 amide bonds. The standard InChI is InChI=1S/C18H15Si/c1-4-10-16(11-5-1)19(17-12-6-2-7-13-17)18-14-8-3-9-15-18/h1-15H/i1D,2D,4D,6D,8D,9D,10D,11D,12D,13D,14D,15D. The van der Waals surface area contributed by atoms with Crippen LogP contribution in [0.5, 0.6) is 0 Å². The second-order valence-corrected chi connectivity index (χ2v) is 5.80. The Labute approximate surface area is 132 Å². The van der Waals surface area contributed by atoms with Crippen LogP contribution in [0.1, 0.15) is 16.4 Å². The molecule has 3 aromatic rings. The third kappa shape index (κ3) is 2.66. The molecular weight excluding hydrogens is 244 g/mol. The predicted molar refractivity (Wildman–Crippen MR) is 84.0 cm³/mol. The Hall–Kier alpha value is -2.12. The van der Waals surface area contributed by atoms with E-state index in [1.54, 1.807) is 0 Å². The van der Waals surface area contributed by atoms with E-state index in [1.165, 1.54) is 0 Å². The highest BCUT2D eigenvalue weighted by Crippen LogP contribution is 1.95. The molecule has 0 aliphatic rings. The molecule has 3 aromatic carbocycles. The van der Waals surface area contributed by atoms with Crippen molar-refractivity contribution in [1.29, 1.82) is 0 Å². The van der Waals surface area contributed by atoms with Gasteiger partial charge in [0.2, 0.25) is 0 Å². The van der Waals surface area contributed by atoms with Gasteiger partial charge in [-0.25, -0.2) is 0 Å². The first-order valence-corrected chi connectivity index (χ1v) is 6.98. The quantitative estimate of drug-likeness (QED) is 0.506. The van der Waals surface area contributed by atoms with E-state index in [2.05, 4.69) is 0 Å². The van der Waals surface area contributed by atoms with Gasteiger partial charge >= 0.3 is 0 Å². The summed E-state index contributed by atoms with van der Waals surface area (Å²) in [5.74, 6) is 0. The highest BCUT2D eigenvalue weighted by molar-refractivity contribution is 6.95. The van der Waals surface area contributed by atoms with Gasteiger partial charge in [0.05, 0.1) is 16.4 Å². The van der Waals surface area contributed by atoms with Crippen molar-refractivity contribution in [3.05, 3.63) is 90.7 Å². The van der Waals surface area contributed by atoms with Crippen LogP contribution < -0.4 is 15.6 Å². The second-order valence-electron chi connectivity index (χ2n) is 3.55. The maximum atomic E-state index is 8.37. The fourth-order valence-corrected chi connectivity index (χ4v) is 3.56. The number of hydrogen-bond acceptors (Lipinski definition) is 0. The largest absolute Gasteiger partial charge is 0.154 e. The van der Waals surface area contributed by atoms with Crippen LogP contribution in [0.15, 0.2) is 90.7 Å². The van der Waals surface area contributed by atoms with Gasteiger partial charge in [-0.3, -0.25) is 0 Å². The zero-order valence-electron chi connectivity index (χ0n) is 21.7. The van der Waals surface area contributed by atoms with E-state index < -0.39 is 45.1 Å². The van der Waals surface area contributed by atoms with Crippen molar-refractivity contribution in [3.8, 4) is 0 Å². The summed E-state index contributed by atoms with van der Waals surface area (Å²) in [5, 5.41) is -0.546. The normalized spacial score (nSPS) is 19.4. The molecule has 3 rings (SSSR count). The lowest BCUT2D eigenvalue weighted by Gasteiger charge is -2.16. The average molecular weight is 271 g/mol. The van der Waals surface area contributed by atoms with Crippen LogP contribution in [0, 0.1) is 0 Å². The van der Waals surface area contributed by atoms with Crippen molar-refractivity contribution in [3.63, 3.8) is 0 Å². The van der Waals surface area contributed by atoms with Crippen LogP contribution in [0.2, 0.25) is 0 Å². The van der Waals surface area contributed by atoms with Crippen LogP contribution in [0.25, 0.3) is 0 Å². The van der Waals surface area contributed by atoms with Gasteiger partial charge in [0, 0.05) is 0 Å². The third-order valence-corrected chi connectivity index (χ3v) is 4.67. The first kappa shape index (κ1) is 4.46. The molecule has 1 radical (unpaired) electrons. The van der Waals surface area contributed by atoms with Crippen LogP contribution in [-0.2, 0) is 0 Å². The minimum absolute atomic E-state index is 0.169. The maximum absolute atomic E-state index is 8.37. The summed E-state index contributed by atoms with van der Waals surface area (Å²) >= 11 is 0. The number of benzene rings is 3. The lowest BCUT2D eigenvalue weighted by molar-refractivity contribution is 1.71. The van der Waals surface area contributed by atoms with Crippen molar-refractivity contribution in [2.45, 2.75) is 0 Å². The molecule has 91 valence electrons. The SMILES string of the molecule is [2H]c1cc([2H])c([Si](c2c([2H])cc([2H])c([2H])c2[2H])c2c([2H])c([2H])cc([2H])c2[2H])c([2H])c1[2H]. The van der Waals surface area contributed by atoms with E-state index in [-0.39, 0.29) is 51.8 Å². The van der Waals surface area contributed by atoms with Gasteiger partial charge in [0.15, 0.2) is 8.80 Å². The van der Waals surface area contributed by atoms with Gasteiger partial charge in [-0.15, -0.1) is 0 Å². The monoisotopic (exact) mass is 271 g/mol. The molecule has 0 aromatic heterocycles. The summed E-state index contributed by atoms with van der Waals surface area (Å²) in [6.45, 7) is 0. The Bertz CT molecular complexity index is 1130. The van der Waals surface area contributed by atoms with Gasteiger partial charge in [0.25, 0.3) is 0 Å². The molecule has 1 heteroatoms. The topological polar surface area (TPSA) is 0 Å². The van der Waals surface area contributed by atoms with Gasteiger partial charge in [-0.1, -0.05) is 106 Å². The minimum atomic E-state index is -2.95. The highest BCUT2D eigenvalue weighted by atomic mass is 28.3. The van der Waals surface area contributed by atoms with Gasteiger partial charge in [0.1, 0.15) is 0 Å². The zero-order chi connectivity index (χ0) is 23.4. The smallest absolute Gasteiger partial charge is 0.0624 e. The van der Waals surface area contributed by atoms with E-state index in [1.807, 2.05) is 0 Å². The molecule has 0 atom stereocenters. The lowest BCUT2D eigenvalue weighted by atomic mass is 10.3. The molecule has 0 N–H and O–H groups in total. The highest BCUT2D eigenvalue weighted by Gasteiger charge is 2.18. The molecule has 0 nitrogen and oxygen atoms in total. The average Bonchev–Trinajstić information content (AvgIpc) is 2.69. The van der Waals surface area contributed by atoms with Crippen molar-refractivity contribution in [1.82, 2.24) is 0 Å². The fraction of sp³-hybridized carbons (Fsp3) is 0. The van der Waals surface area contributed by atoms with Gasteiger partial charge in [-0.05, 0) is 0 Å². The first-order chi connectivity index (χ1) is 14.4. The number of rotatable bonds is 3. The van der Waals surface area contributed by atoms with Crippen molar-refractivity contribution in [2.24, 2.45) is 0 Å². The Morgan fingerprint density at radius 3 is 1.58 bits per heavy atom. The molecule has 0 fully saturated rings. The summed E-state index contributed by atoms with van der Waals surface area (Å²) in [6.07, 6.45) is 0. The molecule has 0 saturated carbocycles. The third-order valence-electron chi connectivity index (χ3n) is 2.39. The molecular formula is C18H15Si. The van der Waals surface area contributed by atoms with Crippen LogP contribution in [0.4, 0.5) is 0 Å². The molecule has 0 aliphatic carbocycles.